The number of halogens is 3. The van der Waals surface area contributed by atoms with Crippen LogP contribution < -0.4 is 10.1 Å². The Morgan fingerprint density at radius 2 is 1.82 bits per heavy atom. The van der Waals surface area contributed by atoms with Gasteiger partial charge < -0.3 is 10.1 Å². The highest BCUT2D eigenvalue weighted by Crippen LogP contribution is 2.27. The molecule has 0 saturated heterocycles. The van der Waals surface area contributed by atoms with E-state index in [1.54, 1.807) is 69.3 Å². The van der Waals surface area contributed by atoms with Crippen LogP contribution >= 0.6 is 11.6 Å². The number of carbonyl (C=O) groups excluding carboxylic acids is 1. The van der Waals surface area contributed by atoms with Gasteiger partial charge in [0.15, 0.2) is 5.60 Å². The summed E-state index contributed by atoms with van der Waals surface area (Å²) in [4.78, 5) is 17.0. The molecule has 3 rings (SSSR count). The normalized spacial score (nSPS) is 13.0. The number of benzene rings is 2. The summed E-state index contributed by atoms with van der Waals surface area (Å²) in [7, 11) is 0. The van der Waals surface area contributed by atoms with Crippen molar-refractivity contribution in [3.8, 4) is 5.75 Å². The minimum absolute atomic E-state index is 0.0758. The number of fused-ring (bicyclic) bond motifs is 1. The molecule has 1 heterocycles. The predicted octanol–water partition coefficient (Wildman–Crippen LogP) is 5.12. The monoisotopic (exact) mass is 407 g/mol. The van der Waals surface area contributed by atoms with Gasteiger partial charge in [0.05, 0.1) is 17.1 Å². The third kappa shape index (κ3) is 4.09. The van der Waals surface area contributed by atoms with Crippen molar-refractivity contribution in [1.29, 1.82) is 0 Å². The lowest BCUT2D eigenvalue weighted by Crippen LogP contribution is -2.47. The molecule has 0 fully saturated rings. The highest BCUT2D eigenvalue weighted by molar-refractivity contribution is 6.30. The van der Waals surface area contributed by atoms with Crippen molar-refractivity contribution in [3.05, 3.63) is 59.4 Å². The van der Waals surface area contributed by atoms with Gasteiger partial charge in [0.2, 0.25) is 0 Å². The van der Waals surface area contributed by atoms with Gasteiger partial charge in [-0.25, -0.2) is 4.98 Å². The molecule has 0 aliphatic heterocycles. The number of hydrogen-bond donors (Lipinski definition) is 1. The number of alkyl halides is 2. The molecule has 0 radical (unpaired) electrons. The molecule has 1 N–H and O–H groups in total. The molecule has 148 valence electrons. The van der Waals surface area contributed by atoms with Crippen molar-refractivity contribution >= 4 is 28.5 Å². The Morgan fingerprint density at radius 1 is 1.18 bits per heavy atom. The van der Waals surface area contributed by atoms with Crippen LogP contribution in [-0.2, 0) is 4.79 Å². The summed E-state index contributed by atoms with van der Waals surface area (Å²) in [6.45, 7) is 2.02. The molecular formula is C20H20ClF2N3O2. The Balaban J connectivity index is 1.81. The number of para-hydroxylation sites is 2. The van der Waals surface area contributed by atoms with Crippen LogP contribution in [0.5, 0.6) is 5.75 Å². The first kappa shape index (κ1) is 20.1. The zero-order valence-corrected chi connectivity index (χ0v) is 16.4. The van der Waals surface area contributed by atoms with Crippen LogP contribution in [0.4, 0.5) is 8.78 Å². The summed E-state index contributed by atoms with van der Waals surface area (Å²) in [6.07, 6.45) is 0. The van der Waals surface area contributed by atoms with Gasteiger partial charge in [0.25, 0.3) is 5.91 Å². The predicted molar refractivity (Wildman–Crippen MR) is 104 cm³/mol. The van der Waals surface area contributed by atoms with E-state index in [1.807, 2.05) is 0 Å². The molecule has 2 aromatic carbocycles. The molecule has 1 unspecified atom stereocenters. The van der Waals surface area contributed by atoms with Gasteiger partial charge in [0, 0.05) is 5.02 Å². The van der Waals surface area contributed by atoms with Crippen LogP contribution in [0.1, 0.15) is 39.2 Å². The molecule has 0 saturated carbocycles. The van der Waals surface area contributed by atoms with Crippen molar-refractivity contribution < 1.29 is 18.3 Å². The fraction of sp³-hybridized carbons (Fsp3) is 0.300. The largest absolute Gasteiger partial charge is 0.478 e. The third-order valence-corrected chi connectivity index (χ3v) is 4.54. The number of ether oxygens (including phenoxy) is 1. The summed E-state index contributed by atoms with van der Waals surface area (Å²) in [5.41, 5.74) is -0.482. The maximum atomic E-state index is 13.6. The maximum absolute atomic E-state index is 13.6. The molecule has 28 heavy (non-hydrogen) atoms. The van der Waals surface area contributed by atoms with Gasteiger partial charge in [-0.3, -0.25) is 9.36 Å². The second kappa shape index (κ2) is 7.75. The second-order valence-electron chi connectivity index (χ2n) is 6.87. The Kier molecular flexibility index (Phi) is 5.56. The Bertz CT molecular complexity index is 987. The summed E-state index contributed by atoms with van der Waals surface area (Å²) >= 11 is 5.85. The van der Waals surface area contributed by atoms with Gasteiger partial charge in [-0.2, -0.15) is 8.78 Å². The van der Waals surface area contributed by atoms with Crippen LogP contribution in [0.3, 0.4) is 0 Å². The van der Waals surface area contributed by atoms with E-state index in [0.717, 1.165) is 4.57 Å². The molecule has 1 aromatic heterocycles. The van der Waals surface area contributed by atoms with E-state index in [2.05, 4.69) is 10.3 Å². The van der Waals surface area contributed by atoms with Crippen molar-refractivity contribution in [2.24, 2.45) is 0 Å². The van der Waals surface area contributed by atoms with E-state index in [-0.39, 0.29) is 5.82 Å². The summed E-state index contributed by atoms with van der Waals surface area (Å²) in [5, 5.41) is 3.27. The number of amides is 1. The Morgan fingerprint density at radius 3 is 2.46 bits per heavy atom. The molecule has 0 spiro atoms. The summed E-state index contributed by atoms with van der Waals surface area (Å²) in [5.74, 6) is 0.0895. The van der Waals surface area contributed by atoms with E-state index in [0.29, 0.717) is 21.8 Å². The van der Waals surface area contributed by atoms with Crippen molar-refractivity contribution in [1.82, 2.24) is 14.9 Å². The molecule has 3 aromatic rings. The molecular weight excluding hydrogens is 388 g/mol. The number of rotatable bonds is 6. The van der Waals surface area contributed by atoms with Crippen LogP contribution in [-0.4, -0.2) is 21.1 Å². The van der Waals surface area contributed by atoms with Crippen LogP contribution in [0.2, 0.25) is 5.02 Å². The summed E-state index contributed by atoms with van der Waals surface area (Å²) in [6, 6.07) is 12.5. The molecule has 1 atom stereocenters. The molecule has 8 heteroatoms. The first-order valence-corrected chi connectivity index (χ1v) is 9.07. The van der Waals surface area contributed by atoms with E-state index in [9.17, 15) is 13.6 Å². The minimum Gasteiger partial charge on any atom is -0.478 e. The minimum atomic E-state index is -2.78. The number of hydrogen-bond acceptors (Lipinski definition) is 3. The first-order valence-electron chi connectivity index (χ1n) is 8.69. The lowest BCUT2D eigenvalue weighted by molar-refractivity contribution is -0.135. The van der Waals surface area contributed by atoms with Gasteiger partial charge in [-0.05, 0) is 57.2 Å². The lowest BCUT2D eigenvalue weighted by atomic mass is 10.1. The molecule has 0 bridgehead atoms. The van der Waals surface area contributed by atoms with Crippen molar-refractivity contribution in [2.75, 3.05) is 0 Å². The number of imidazole rings is 1. The molecule has 0 aliphatic rings. The second-order valence-corrected chi connectivity index (χ2v) is 7.30. The zero-order valence-electron chi connectivity index (χ0n) is 15.6. The first-order chi connectivity index (χ1) is 13.2. The number of nitrogens with zero attached hydrogens (tertiary/aromatic N) is 2. The lowest BCUT2D eigenvalue weighted by Gasteiger charge is -2.27. The van der Waals surface area contributed by atoms with Gasteiger partial charge >= 0.3 is 6.55 Å². The van der Waals surface area contributed by atoms with Gasteiger partial charge in [-0.1, -0.05) is 23.7 Å². The van der Waals surface area contributed by atoms with E-state index in [1.165, 1.54) is 0 Å². The maximum Gasteiger partial charge on any atom is 0.320 e. The Labute approximate surface area is 166 Å². The fourth-order valence-electron chi connectivity index (χ4n) is 2.85. The molecule has 5 nitrogen and oxygen atoms in total. The van der Waals surface area contributed by atoms with E-state index in [4.69, 9.17) is 16.3 Å². The topological polar surface area (TPSA) is 56.1 Å². The molecule has 0 aliphatic carbocycles. The van der Waals surface area contributed by atoms with Crippen LogP contribution in [0.25, 0.3) is 11.0 Å². The average molecular weight is 408 g/mol. The highest BCUT2D eigenvalue weighted by Gasteiger charge is 2.32. The van der Waals surface area contributed by atoms with E-state index >= 15 is 0 Å². The van der Waals surface area contributed by atoms with Crippen LogP contribution in [0, 0.1) is 0 Å². The summed E-state index contributed by atoms with van der Waals surface area (Å²) < 4.78 is 33.8. The van der Waals surface area contributed by atoms with Gasteiger partial charge in [0.1, 0.15) is 11.6 Å². The third-order valence-electron chi connectivity index (χ3n) is 4.29. The fourth-order valence-corrected chi connectivity index (χ4v) is 2.98. The standard InChI is InChI=1S/C20H20ClF2N3O2/c1-12(17-25-15-6-4-5-7-16(15)26(17)19(22)23)24-18(27)20(2,3)28-14-10-8-13(21)9-11-14/h4-12,19H,1-3H3,(H,24,27). The Hall–Kier alpha value is -2.67. The zero-order chi connectivity index (χ0) is 20.5. The average Bonchev–Trinajstić information content (AvgIpc) is 3.03. The van der Waals surface area contributed by atoms with Crippen LogP contribution in [0.15, 0.2) is 48.5 Å². The van der Waals surface area contributed by atoms with Crippen molar-refractivity contribution in [3.63, 3.8) is 0 Å². The quantitative estimate of drug-likeness (QED) is 0.617. The number of aromatic nitrogens is 2. The highest BCUT2D eigenvalue weighted by atomic mass is 35.5. The molecule has 1 amide bonds. The number of nitrogens with one attached hydrogen (secondary N) is 1. The van der Waals surface area contributed by atoms with Crippen molar-refractivity contribution in [2.45, 2.75) is 39.0 Å². The van der Waals surface area contributed by atoms with Gasteiger partial charge in [-0.15, -0.1) is 0 Å². The number of carbonyl (C=O) groups is 1. The smallest absolute Gasteiger partial charge is 0.320 e. The van der Waals surface area contributed by atoms with E-state index < -0.39 is 24.1 Å². The SMILES string of the molecule is CC(NC(=O)C(C)(C)Oc1ccc(Cl)cc1)c1nc2ccccc2n1C(F)F.